The Balaban J connectivity index is 1.65. The number of hydrogen-bond donors (Lipinski definition) is 1. The number of nitriles is 1. The van der Waals surface area contributed by atoms with Gasteiger partial charge in [-0.2, -0.15) is 10.4 Å². The van der Waals surface area contributed by atoms with E-state index in [0.29, 0.717) is 33.5 Å². The van der Waals surface area contributed by atoms with Crippen LogP contribution in [-0.2, 0) is 15.4 Å². The van der Waals surface area contributed by atoms with Crippen molar-refractivity contribution in [3.8, 4) is 6.07 Å². The van der Waals surface area contributed by atoms with Crippen molar-refractivity contribution in [2.24, 2.45) is 0 Å². The first-order chi connectivity index (χ1) is 13.7. The second kappa shape index (κ2) is 6.87. The summed E-state index contributed by atoms with van der Waals surface area (Å²) in [6.45, 7) is 1.84. The summed E-state index contributed by atoms with van der Waals surface area (Å²) in [6, 6.07) is 7.08. The Morgan fingerprint density at radius 2 is 2.24 bits per heavy atom. The predicted octanol–water partition coefficient (Wildman–Crippen LogP) is 3.34. The molecule has 148 valence electrons. The number of carbonyl (C=O) groups excluding carboxylic acids is 1. The molecule has 3 heterocycles. The maximum absolute atomic E-state index is 12.9. The number of nitrogens with zero attached hydrogens (tertiary/aromatic N) is 3. The molecule has 2 aromatic heterocycles. The first-order valence-electron chi connectivity index (χ1n) is 8.89. The van der Waals surface area contributed by atoms with E-state index >= 15 is 0 Å². The summed E-state index contributed by atoms with van der Waals surface area (Å²) >= 11 is 5.97. The zero-order valence-electron chi connectivity index (χ0n) is 15.5. The van der Waals surface area contributed by atoms with Crippen LogP contribution in [0.2, 0.25) is 5.02 Å². The van der Waals surface area contributed by atoms with E-state index in [1.54, 1.807) is 35.3 Å². The number of rotatable bonds is 4. The maximum atomic E-state index is 12.9. The van der Waals surface area contributed by atoms with E-state index in [-0.39, 0.29) is 17.1 Å². The van der Waals surface area contributed by atoms with Crippen LogP contribution in [-0.4, -0.2) is 40.5 Å². The molecule has 0 spiro atoms. The van der Waals surface area contributed by atoms with E-state index in [1.807, 2.05) is 13.0 Å². The standard InChI is InChI=1S/C20H17ClN4O3S/c1-20(4-5-29(27,28)12-20)25-11-13(9-24-25)6-14(8-22)19(26)17-10-23-18-7-15(21)2-3-16(17)18/h2-3,6-7,9-11,23H,4-5,12H2,1H3. The third-order valence-corrected chi connectivity index (χ3v) is 7.33. The second-order valence-electron chi connectivity index (χ2n) is 7.45. The minimum Gasteiger partial charge on any atom is -0.360 e. The molecule has 4 rings (SSSR count). The smallest absolute Gasteiger partial charge is 0.205 e. The minimum atomic E-state index is -3.08. The van der Waals surface area contributed by atoms with Crippen LogP contribution >= 0.6 is 11.6 Å². The largest absolute Gasteiger partial charge is 0.360 e. The molecule has 1 N–H and O–H groups in total. The van der Waals surface area contributed by atoms with Crippen molar-refractivity contribution < 1.29 is 13.2 Å². The van der Waals surface area contributed by atoms with Crippen LogP contribution in [0.25, 0.3) is 17.0 Å². The quantitative estimate of drug-likeness (QED) is 0.389. The molecule has 0 amide bonds. The summed E-state index contributed by atoms with van der Waals surface area (Å²) in [6.07, 6.45) is 6.69. The highest BCUT2D eigenvalue weighted by molar-refractivity contribution is 7.91. The Morgan fingerprint density at radius 3 is 2.93 bits per heavy atom. The third-order valence-electron chi connectivity index (χ3n) is 5.20. The number of H-pyrrole nitrogens is 1. The maximum Gasteiger partial charge on any atom is 0.205 e. The molecule has 1 atom stereocenters. The number of halogens is 1. The van der Waals surface area contributed by atoms with Crippen LogP contribution in [0.4, 0.5) is 0 Å². The van der Waals surface area contributed by atoms with Crippen LogP contribution < -0.4 is 0 Å². The highest BCUT2D eigenvalue weighted by atomic mass is 35.5. The Hall–Kier alpha value is -2.89. The van der Waals surface area contributed by atoms with Crippen LogP contribution in [0, 0.1) is 11.3 Å². The molecule has 1 saturated heterocycles. The van der Waals surface area contributed by atoms with Crippen molar-refractivity contribution in [2.75, 3.05) is 11.5 Å². The summed E-state index contributed by atoms with van der Waals surface area (Å²) in [5.41, 5.74) is 0.984. The number of fused-ring (bicyclic) bond motifs is 1. The normalized spacial score (nSPS) is 21.3. The summed E-state index contributed by atoms with van der Waals surface area (Å²) in [5, 5.41) is 15.0. The molecule has 3 aromatic rings. The lowest BCUT2D eigenvalue weighted by atomic mass is 10.0. The highest BCUT2D eigenvalue weighted by Crippen LogP contribution is 2.30. The molecular formula is C20H17ClN4O3S. The average Bonchev–Trinajstić information content (AvgIpc) is 3.36. The van der Waals surface area contributed by atoms with Crippen molar-refractivity contribution in [2.45, 2.75) is 18.9 Å². The lowest BCUT2D eigenvalue weighted by molar-refractivity contribution is 0.104. The Kier molecular flexibility index (Phi) is 4.60. The SMILES string of the molecule is CC1(n2cc(C=C(C#N)C(=O)c3c[nH]c4cc(Cl)ccc34)cn2)CCS(=O)(=O)C1. The first-order valence-corrected chi connectivity index (χ1v) is 11.1. The fourth-order valence-corrected chi connectivity index (χ4v) is 5.92. The number of Topliss-reactive ketones (excluding diaryl/α,β-unsaturated/α-hetero) is 1. The van der Waals surface area contributed by atoms with Crippen LogP contribution in [0.3, 0.4) is 0 Å². The number of allylic oxidation sites excluding steroid dienone is 1. The van der Waals surface area contributed by atoms with E-state index in [4.69, 9.17) is 11.6 Å². The molecule has 1 unspecified atom stereocenters. The Morgan fingerprint density at radius 1 is 1.45 bits per heavy atom. The number of sulfone groups is 1. The van der Waals surface area contributed by atoms with Gasteiger partial charge >= 0.3 is 0 Å². The molecule has 1 aliphatic rings. The van der Waals surface area contributed by atoms with E-state index in [1.165, 1.54) is 12.3 Å². The highest BCUT2D eigenvalue weighted by Gasteiger charge is 2.40. The summed E-state index contributed by atoms with van der Waals surface area (Å²) in [5.74, 6) is -0.267. The number of aromatic amines is 1. The van der Waals surface area contributed by atoms with Gasteiger partial charge in [0.25, 0.3) is 0 Å². The van der Waals surface area contributed by atoms with Crippen molar-refractivity contribution in [1.29, 1.82) is 5.26 Å². The zero-order valence-corrected chi connectivity index (χ0v) is 17.1. The van der Waals surface area contributed by atoms with Crippen LogP contribution in [0.1, 0.15) is 29.3 Å². The molecule has 9 heteroatoms. The summed E-state index contributed by atoms with van der Waals surface area (Å²) < 4.78 is 25.3. The predicted molar refractivity (Wildman–Crippen MR) is 110 cm³/mol. The first kappa shape index (κ1) is 19.4. The zero-order chi connectivity index (χ0) is 20.8. The molecule has 0 aliphatic carbocycles. The van der Waals surface area contributed by atoms with E-state index in [2.05, 4.69) is 10.1 Å². The lowest BCUT2D eigenvalue weighted by Crippen LogP contribution is -2.31. The molecule has 0 saturated carbocycles. The van der Waals surface area contributed by atoms with Crippen molar-refractivity contribution in [3.05, 3.63) is 58.5 Å². The van der Waals surface area contributed by atoms with E-state index < -0.39 is 21.2 Å². The number of ketones is 1. The molecule has 1 aliphatic heterocycles. The Labute approximate surface area is 172 Å². The van der Waals surface area contributed by atoms with Gasteiger partial charge in [0.1, 0.15) is 11.6 Å². The second-order valence-corrected chi connectivity index (χ2v) is 10.1. The monoisotopic (exact) mass is 428 g/mol. The minimum absolute atomic E-state index is 0.0206. The molecule has 0 bridgehead atoms. The average molecular weight is 429 g/mol. The van der Waals surface area contributed by atoms with Gasteiger partial charge in [-0.25, -0.2) is 8.42 Å². The van der Waals surface area contributed by atoms with Gasteiger partial charge in [0, 0.05) is 39.4 Å². The van der Waals surface area contributed by atoms with E-state index in [0.717, 1.165) is 0 Å². The van der Waals surface area contributed by atoms with Gasteiger partial charge in [-0.1, -0.05) is 17.7 Å². The van der Waals surface area contributed by atoms with Gasteiger partial charge in [0.2, 0.25) is 5.78 Å². The molecule has 1 fully saturated rings. The Bertz CT molecular complexity index is 1310. The summed E-state index contributed by atoms with van der Waals surface area (Å²) in [4.78, 5) is 15.9. The number of aromatic nitrogens is 3. The number of benzene rings is 1. The van der Waals surface area contributed by atoms with E-state index in [9.17, 15) is 18.5 Å². The van der Waals surface area contributed by atoms with Gasteiger partial charge in [0.15, 0.2) is 9.84 Å². The number of hydrogen-bond acceptors (Lipinski definition) is 5. The number of nitrogens with one attached hydrogen (secondary N) is 1. The van der Waals surface area contributed by atoms with Gasteiger partial charge < -0.3 is 4.98 Å². The van der Waals surface area contributed by atoms with Gasteiger partial charge in [-0.15, -0.1) is 0 Å². The fourth-order valence-electron chi connectivity index (χ4n) is 3.63. The van der Waals surface area contributed by atoms with Gasteiger partial charge in [-0.3, -0.25) is 9.48 Å². The summed E-state index contributed by atoms with van der Waals surface area (Å²) in [7, 11) is -3.08. The molecule has 7 nitrogen and oxygen atoms in total. The molecule has 0 radical (unpaired) electrons. The van der Waals surface area contributed by atoms with Gasteiger partial charge in [0.05, 0.1) is 23.2 Å². The van der Waals surface area contributed by atoms with Crippen molar-refractivity contribution >= 4 is 44.2 Å². The fraction of sp³-hybridized carbons (Fsp3) is 0.250. The van der Waals surface area contributed by atoms with Crippen LogP contribution in [0.5, 0.6) is 0 Å². The van der Waals surface area contributed by atoms with Crippen molar-refractivity contribution in [3.63, 3.8) is 0 Å². The molecule has 29 heavy (non-hydrogen) atoms. The van der Waals surface area contributed by atoms with Crippen molar-refractivity contribution in [1.82, 2.24) is 14.8 Å². The number of carbonyl (C=O) groups is 1. The topological polar surface area (TPSA) is 109 Å². The molecular weight excluding hydrogens is 412 g/mol. The van der Waals surface area contributed by atoms with Crippen LogP contribution in [0.15, 0.2) is 42.4 Å². The molecule has 1 aromatic carbocycles. The lowest BCUT2D eigenvalue weighted by Gasteiger charge is -2.22. The van der Waals surface area contributed by atoms with Gasteiger partial charge in [-0.05, 0) is 31.6 Å². The third kappa shape index (κ3) is 3.59.